The summed E-state index contributed by atoms with van der Waals surface area (Å²) in [5.74, 6) is 0.156. The maximum absolute atomic E-state index is 11.2. The van der Waals surface area contributed by atoms with Crippen LogP contribution in [0.3, 0.4) is 0 Å². The van der Waals surface area contributed by atoms with E-state index >= 15 is 0 Å². The van der Waals surface area contributed by atoms with E-state index in [0.717, 1.165) is 16.7 Å². The van der Waals surface area contributed by atoms with Crippen LogP contribution in [-0.2, 0) is 0 Å². The molecule has 0 fully saturated rings. The van der Waals surface area contributed by atoms with Gasteiger partial charge in [0.15, 0.2) is 6.29 Å². The molecule has 1 heterocycles. The maximum Gasteiger partial charge on any atom is 0.157 e. The summed E-state index contributed by atoms with van der Waals surface area (Å²) in [7, 11) is 1.46. The van der Waals surface area contributed by atoms with Crippen LogP contribution in [0.1, 0.15) is 15.9 Å². The molecule has 0 aliphatic heterocycles. The molecule has 0 spiro atoms. The normalized spacial score (nSPS) is 10.7. The Kier molecular flexibility index (Phi) is 4.87. The predicted octanol–water partition coefficient (Wildman–Crippen LogP) is 5.04. The van der Waals surface area contributed by atoms with Crippen LogP contribution in [0.4, 0.5) is 0 Å². The zero-order valence-corrected chi connectivity index (χ0v) is 16.2. The Morgan fingerprint density at radius 3 is 2.41 bits per heavy atom. The molecule has 0 aliphatic rings. The van der Waals surface area contributed by atoms with E-state index in [9.17, 15) is 9.90 Å². The lowest BCUT2D eigenvalue weighted by Crippen LogP contribution is -1.98. The topological polar surface area (TPSA) is 64.3 Å². The number of methoxy groups -OCH3 is 1. The van der Waals surface area contributed by atoms with E-state index in [4.69, 9.17) is 4.74 Å². The zero-order chi connectivity index (χ0) is 20.4. The van der Waals surface area contributed by atoms with Gasteiger partial charge in [0, 0.05) is 23.9 Å². The molecule has 1 aromatic heterocycles. The van der Waals surface area contributed by atoms with Crippen LogP contribution >= 0.6 is 0 Å². The number of hydrogen-bond acceptors (Lipinski definition) is 4. The number of carbonyl (C=O) groups excluding carboxylic acids is 1. The van der Waals surface area contributed by atoms with Crippen molar-refractivity contribution in [3.63, 3.8) is 0 Å². The summed E-state index contributed by atoms with van der Waals surface area (Å²) in [6, 6.07) is 19.6. The van der Waals surface area contributed by atoms with Gasteiger partial charge in [-0.15, -0.1) is 0 Å². The zero-order valence-electron chi connectivity index (χ0n) is 16.2. The van der Waals surface area contributed by atoms with Crippen LogP contribution < -0.4 is 4.74 Å². The van der Waals surface area contributed by atoms with Crippen LogP contribution in [0, 0.1) is 6.92 Å². The fourth-order valence-corrected chi connectivity index (χ4v) is 3.50. The Balaban J connectivity index is 1.76. The summed E-state index contributed by atoms with van der Waals surface area (Å²) >= 11 is 0. The second-order valence-electron chi connectivity index (χ2n) is 6.72. The summed E-state index contributed by atoms with van der Waals surface area (Å²) in [6.07, 6.45) is 4.26. The Hall–Kier alpha value is -3.86. The van der Waals surface area contributed by atoms with Gasteiger partial charge in [0.05, 0.1) is 24.6 Å². The van der Waals surface area contributed by atoms with E-state index in [2.05, 4.69) is 36.3 Å². The van der Waals surface area contributed by atoms with E-state index < -0.39 is 0 Å². The Morgan fingerprint density at radius 1 is 1.00 bits per heavy atom. The molecule has 1 N–H and O–H groups in total. The second kappa shape index (κ2) is 7.64. The molecule has 4 aromatic rings. The third-order valence-electron chi connectivity index (χ3n) is 5.02. The molecule has 4 rings (SSSR count). The summed E-state index contributed by atoms with van der Waals surface area (Å²) in [5.41, 5.74) is 6.26. The number of rotatable bonds is 5. The van der Waals surface area contributed by atoms with Gasteiger partial charge in [-0.25, -0.2) is 4.68 Å². The Morgan fingerprint density at radius 2 is 1.72 bits per heavy atom. The first-order chi connectivity index (χ1) is 14.1. The van der Waals surface area contributed by atoms with Crippen LogP contribution in [0.5, 0.6) is 11.5 Å². The molecule has 0 radical (unpaired) electrons. The van der Waals surface area contributed by atoms with E-state index in [-0.39, 0.29) is 11.3 Å². The van der Waals surface area contributed by atoms with Crippen molar-refractivity contribution < 1.29 is 14.6 Å². The highest BCUT2D eigenvalue weighted by molar-refractivity contribution is 5.84. The molecule has 144 valence electrons. The average Bonchev–Trinajstić information content (AvgIpc) is 3.24. The quantitative estimate of drug-likeness (QED) is 0.490. The van der Waals surface area contributed by atoms with Gasteiger partial charge in [-0.2, -0.15) is 5.10 Å². The second-order valence-corrected chi connectivity index (χ2v) is 6.72. The van der Waals surface area contributed by atoms with Crippen molar-refractivity contribution in [1.82, 2.24) is 9.78 Å². The maximum atomic E-state index is 11.2. The molecule has 0 bridgehead atoms. The first-order valence-electron chi connectivity index (χ1n) is 9.19. The fraction of sp³-hybridized carbons (Fsp3) is 0.0833. The Bertz CT molecular complexity index is 1180. The summed E-state index contributed by atoms with van der Waals surface area (Å²) in [6.45, 7) is 2.10. The minimum absolute atomic E-state index is 0.120. The molecular weight excluding hydrogens is 364 g/mol. The van der Waals surface area contributed by atoms with Crippen LogP contribution in [0.15, 0.2) is 73.1 Å². The largest absolute Gasteiger partial charge is 0.507 e. The van der Waals surface area contributed by atoms with Gasteiger partial charge < -0.3 is 9.84 Å². The van der Waals surface area contributed by atoms with E-state index in [1.54, 1.807) is 16.9 Å². The molecule has 3 aromatic carbocycles. The van der Waals surface area contributed by atoms with Crippen LogP contribution in [-0.4, -0.2) is 28.3 Å². The molecule has 29 heavy (non-hydrogen) atoms. The molecule has 0 unspecified atom stereocenters. The highest BCUT2D eigenvalue weighted by Crippen LogP contribution is 2.33. The predicted molar refractivity (Wildman–Crippen MR) is 113 cm³/mol. The van der Waals surface area contributed by atoms with Gasteiger partial charge in [-0.1, -0.05) is 48.5 Å². The van der Waals surface area contributed by atoms with Gasteiger partial charge >= 0.3 is 0 Å². The molecule has 0 amide bonds. The van der Waals surface area contributed by atoms with Crippen molar-refractivity contribution in [3.8, 4) is 39.4 Å². The average molecular weight is 384 g/mol. The smallest absolute Gasteiger partial charge is 0.157 e. The highest BCUT2D eigenvalue weighted by Gasteiger charge is 2.14. The summed E-state index contributed by atoms with van der Waals surface area (Å²) < 4.78 is 6.88. The molecule has 0 aliphatic carbocycles. The molecular formula is C24H20N2O3. The third kappa shape index (κ3) is 3.38. The lowest BCUT2D eigenvalue weighted by Gasteiger charge is -2.11. The monoisotopic (exact) mass is 384 g/mol. The minimum atomic E-state index is -0.145. The number of hydrogen-bond donors (Lipinski definition) is 1. The van der Waals surface area contributed by atoms with Gasteiger partial charge in [0.25, 0.3) is 0 Å². The van der Waals surface area contributed by atoms with Crippen LogP contribution in [0.2, 0.25) is 0 Å². The Labute approximate surface area is 168 Å². The number of aromatic hydroxyl groups is 1. The fourth-order valence-electron chi connectivity index (χ4n) is 3.50. The third-order valence-corrected chi connectivity index (χ3v) is 5.02. The summed E-state index contributed by atoms with van der Waals surface area (Å²) in [4.78, 5) is 11.2. The molecule has 0 saturated carbocycles. The molecule has 0 atom stereocenters. The van der Waals surface area contributed by atoms with Crippen molar-refractivity contribution in [2.45, 2.75) is 6.92 Å². The highest BCUT2D eigenvalue weighted by atomic mass is 16.5. The van der Waals surface area contributed by atoms with Crippen molar-refractivity contribution in [2.24, 2.45) is 0 Å². The molecule has 0 saturated heterocycles. The number of aldehydes is 1. The van der Waals surface area contributed by atoms with E-state index in [1.165, 1.54) is 24.3 Å². The summed E-state index contributed by atoms with van der Waals surface area (Å²) in [5, 5.41) is 14.6. The standard InChI is InChI=1S/C24H20N2O3/c1-16-20(17-7-4-3-5-8-17)9-6-10-21(16)18-13-25-26(14-18)19-11-23(28)22(15-27)24(12-19)29-2/h3-15,28H,1-2H3. The van der Waals surface area contributed by atoms with Gasteiger partial charge in [-0.3, -0.25) is 4.79 Å². The molecule has 5 heteroatoms. The SMILES string of the molecule is COc1cc(-n2cc(-c3cccc(-c4ccccc4)c3C)cn2)cc(O)c1C=O. The number of phenols is 1. The lowest BCUT2D eigenvalue weighted by molar-refractivity contribution is 0.111. The van der Waals surface area contributed by atoms with Crippen molar-refractivity contribution in [3.05, 3.63) is 84.2 Å². The minimum Gasteiger partial charge on any atom is -0.507 e. The van der Waals surface area contributed by atoms with Gasteiger partial charge in [-0.05, 0) is 29.2 Å². The van der Waals surface area contributed by atoms with Crippen molar-refractivity contribution in [1.29, 1.82) is 0 Å². The number of phenolic OH excluding ortho intramolecular Hbond substituents is 1. The van der Waals surface area contributed by atoms with Gasteiger partial charge in [0.1, 0.15) is 11.5 Å². The first kappa shape index (κ1) is 18.5. The van der Waals surface area contributed by atoms with Crippen molar-refractivity contribution in [2.75, 3.05) is 7.11 Å². The van der Waals surface area contributed by atoms with Crippen molar-refractivity contribution >= 4 is 6.29 Å². The number of nitrogens with zero attached hydrogens (tertiary/aromatic N) is 2. The lowest BCUT2D eigenvalue weighted by atomic mass is 9.94. The first-order valence-corrected chi connectivity index (χ1v) is 9.19. The van der Waals surface area contributed by atoms with E-state index in [0.29, 0.717) is 17.7 Å². The number of carbonyl (C=O) groups is 1. The van der Waals surface area contributed by atoms with E-state index in [1.807, 2.05) is 30.5 Å². The molecule has 5 nitrogen and oxygen atoms in total. The van der Waals surface area contributed by atoms with Crippen LogP contribution in [0.25, 0.3) is 27.9 Å². The number of ether oxygens (including phenoxy) is 1. The van der Waals surface area contributed by atoms with Gasteiger partial charge in [0.2, 0.25) is 0 Å². The number of aromatic nitrogens is 2. The number of benzene rings is 3.